The van der Waals surface area contributed by atoms with Crippen LogP contribution in [0, 0.1) is 17.0 Å². The summed E-state index contributed by atoms with van der Waals surface area (Å²) in [5, 5.41) is 15.3. The van der Waals surface area contributed by atoms with Gasteiger partial charge in [0.2, 0.25) is 0 Å². The van der Waals surface area contributed by atoms with E-state index in [4.69, 9.17) is 0 Å². The van der Waals surface area contributed by atoms with E-state index in [0.717, 1.165) is 0 Å². The first-order valence-electron chi connectivity index (χ1n) is 7.02. The van der Waals surface area contributed by atoms with Gasteiger partial charge in [-0.15, -0.1) is 0 Å². The molecule has 3 heterocycles. The summed E-state index contributed by atoms with van der Waals surface area (Å²) in [5.74, 6) is 0.408. The summed E-state index contributed by atoms with van der Waals surface area (Å²) in [6.45, 7) is 1.72. The number of nitro groups is 1. The molecule has 0 amide bonds. The van der Waals surface area contributed by atoms with Gasteiger partial charge in [0.15, 0.2) is 0 Å². The molecule has 0 N–H and O–H groups in total. The van der Waals surface area contributed by atoms with Gasteiger partial charge in [-0.05, 0) is 24.6 Å². The lowest BCUT2D eigenvalue weighted by atomic mass is 10.1. The number of rotatable bonds is 2. The van der Waals surface area contributed by atoms with Gasteiger partial charge in [0.25, 0.3) is 17.0 Å². The number of fused-ring (bicyclic) bond motifs is 3. The Kier molecular flexibility index (Phi) is 2.89. The molecule has 0 atom stereocenters. The van der Waals surface area contributed by atoms with Crippen molar-refractivity contribution in [2.24, 2.45) is 0 Å². The predicted molar refractivity (Wildman–Crippen MR) is 85.3 cm³/mol. The summed E-state index contributed by atoms with van der Waals surface area (Å²) in [6.07, 6.45) is 4.44. The second-order valence-electron chi connectivity index (χ2n) is 5.25. The largest absolute Gasteiger partial charge is 0.283 e. The van der Waals surface area contributed by atoms with E-state index in [-0.39, 0.29) is 11.2 Å². The second-order valence-corrected chi connectivity index (χ2v) is 5.25. The number of benzene rings is 1. The normalized spacial score (nSPS) is 11.2. The van der Waals surface area contributed by atoms with Crippen LogP contribution < -0.4 is 5.56 Å². The van der Waals surface area contributed by atoms with Gasteiger partial charge in [-0.25, -0.2) is 4.98 Å². The third-order valence-corrected chi connectivity index (χ3v) is 3.82. The topological polar surface area (TPSA) is 108 Å². The highest BCUT2D eigenvalue weighted by Gasteiger charge is 2.13. The van der Waals surface area contributed by atoms with E-state index in [1.54, 1.807) is 25.3 Å². The quantitative estimate of drug-likeness (QED) is 0.410. The van der Waals surface area contributed by atoms with E-state index in [2.05, 4.69) is 15.1 Å². The number of nitrogens with zero attached hydrogens (tertiary/aromatic N) is 6. The van der Waals surface area contributed by atoms with E-state index in [0.29, 0.717) is 27.9 Å². The van der Waals surface area contributed by atoms with E-state index in [9.17, 15) is 14.9 Å². The maximum absolute atomic E-state index is 12.8. The standard InChI is InChI=1S/C15H10N6O3/c1-9-6-10(21(23)24)2-3-12(9)19-5-4-13-11(14(19)22)7-16-15-17-8-18-20(13)15/h2-8H,1H3. The van der Waals surface area contributed by atoms with Gasteiger partial charge in [-0.3, -0.25) is 19.5 Å². The average Bonchev–Trinajstić information content (AvgIpc) is 3.04. The molecular weight excluding hydrogens is 312 g/mol. The number of hydrogen-bond acceptors (Lipinski definition) is 6. The number of aryl methyl sites for hydroxylation is 1. The molecule has 0 radical (unpaired) electrons. The molecule has 9 heteroatoms. The van der Waals surface area contributed by atoms with Crippen LogP contribution in [-0.4, -0.2) is 29.1 Å². The molecule has 0 fully saturated rings. The predicted octanol–water partition coefficient (Wildman–Crippen LogP) is 1.65. The minimum Gasteiger partial charge on any atom is -0.283 e. The van der Waals surface area contributed by atoms with Crippen molar-refractivity contribution in [3.05, 3.63) is 69.0 Å². The molecule has 4 rings (SSSR count). The molecule has 4 aromatic rings. The maximum Gasteiger partial charge on any atom is 0.269 e. The van der Waals surface area contributed by atoms with E-state index in [1.807, 2.05) is 0 Å². The van der Waals surface area contributed by atoms with Gasteiger partial charge < -0.3 is 0 Å². The molecule has 0 saturated heterocycles. The summed E-state index contributed by atoms with van der Waals surface area (Å²) < 4.78 is 2.93. The minimum absolute atomic E-state index is 0.0175. The van der Waals surface area contributed by atoms with Gasteiger partial charge in [0.1, 0.15) is 6.33 Å². The van der Waals surface area contributed by atoms with Crippen molar-refractivity contribution in [1.82, 2.24) is 24.1 Å². The van der Waals surface area contributed by atoms with Crippen LogP contribution in [0.3, 0.4) is 0 Å². The molecule has 0 aliphatic heterocycles. The van der Waals surface area contributed by atoms with E-state index in [1.165, 1.54) is 33.7 Å². The summed E-state index contributed by atoms with van der Waals surface area (Å²) in [5.41, 5.74) is 1.50. The average molecular weight is 322 g/mol. The Morgan fingerprint density at radius 1 is 1.21 bits per heavy atom. The lowest BCUT2D eigenvalue weighted by Gasteiger charge is -2.10. The van der Waals surface area contributed by atoms with Crippen LogP contribution in [0.2, 0.25) is 0 Å². The molecule has 3 aromatic heterocycles. The zero-order chi connectivity index (χ0) is 16.8. The number of non-ortho nitro benzene ring substituents is 1. The Hall–Kier alpha value is -3.62. The molecule has 24 heavy (non-hydrogen) atoms. The Morgan fingerprint density at radius 2 is 2.04 bits per heavy atom. The smallest absolute Gasteiger partial charge is 0.269 e. The SMILES string of the molecule is Cc1cc([N+](=O)[O-])ccc1-n1ccc2c(cnc3ncnn32)c1=O. The van der Waals surface area contributed by atoms with Crippen LogP contribution in [0.25, 0.3) is 22.4 Å². The molecule has 0 bridgehead atoms. The van der Waals surface area contributed by atoms with Crippen LogP contribution in [0.1, 0.15) is 5.56 Å². The lowest BCUT2D eigenvalue weighted by molar-refractivity contribution is -0.384. The number of aromatic nitrogens is 5. The van der Waals surface area contributed by atoms with Gasteiger partial charge in [0, 0.05) is 24.5 Å². The lowest BCUT2D eigenvalue weighted by Crippen LogP contribution is -2.19. The number of hydrogen-bond donors (Lipinski definition) is 0. The van der Waals surface area contributed by atoms with Crippen molar-refractivity contribution < 1.29 is 4.92 Å². The Morgan fingerprint density at radius 3 is 2.79 bits per heavy atom. The van der Waals surface area contributed by atoms with E-state index >= 15 is 0 Å². The molecule has 0 aliphatic carbocycles. The summed E-state index contributed by atoms with van der Waals surface area (Å²) in [4.78, 5) is 31.3. The molecule has 0 aliphatic rings. The second kappa shape index (κ2) is 4.95. The van der Waals surface area contributed by atoms with Crippen LogP contribution >= 0.6 is 0 Å². The molecule has 0 saturated carbocycles. The van der Waals surface area contributed by atoms with Crippen molar-refractivity contribution in [2.45, 2.75) is 6.92 Å². The maximum atomic E-state index is 12.8. The Labute approximate surface area is 134 Å². The molecule has 1 aromatic carbocycles. The first-order valence-corrected chi connectivity index (χ1v) is 7.02. The van der Waals surface area contributed by atoms with Crippen molar-refractivity contribution >= 4 is 22.4 Å². The monoisotopic (exact) mass is 322 g/mol. The van der Waals surface area contributed by atoms with Crippen molar-refractivity contribution in [3.63, 3.8) is 0 Å². The fourth-order valence-corrected chi connectivity index (χ4v) is 2.68. The third-order valence-electron chi connectivity index (χ3n) is 3.82. The first kappa shape index (κ1) is 14.0. The van der Waals surface area contributed by atoms with Gasteiger partial charge in [-0.2, -0.15) is 14.6 Å². The summed E-state index contributed by atoms with van der Waals surface area (Å²) in [6, 6.07) is 6.10. The molecule has 0 unspecified atom stereocenters. The van der Waals surface area contributed by atoms with Gasteiger partial charge >= 0.3 is 0 Å². The van der Waals surface area contributed by atoms with Crippen LogP contribution in [-0.2, 0) is 0 Å². The van der Waals surface area contributed by atoms with Gasteiger partial charge in [0.05, 0.1) is 21.5 Å². The Balaban J connectivity index is 1.98. The van der Waals surface area contributed by atoms with Crippen LogP contribution in [0.15, 0.2) is 47.8 Å². The van der Waals surface area contributed by atoms with E-state index < -0.39 is 4.92 Å². The molecule has 118 valence electrons. The third kappa shape index (κ3) is 1.95. The zero-order valence-corrected chi connectivity index (χ0v) is 12.4. The van der Waals surface area contributed by atoms with Crippen LogP contribution in [0.5, 0.6) is 0 Å². The highest BCUT2D eigenvalue weighted by atomic mass is 16.6. The summed E-state index contributed by atoms with van der Waals surface area (Å²) >= 11 is 0. The first-order chi connectivity index (χ1) is 11.6. The number of pyridine rings is 1. The highest BCUT2D eigenvalue weighted by molar-refractivity contribution is 5.79. The molecular formula is C15H10N6O3. The summed E-state index contributed by atoms with van der Waals surface area (Å²) in [7, 11) is 0. The van der Waals surface area contributed by atoms with Crippen molar-refractivity contribution in [2.75, 3.05) is 0 Å². The number of nitro benzene ring substituents is 1. The van der Waals surface area contributed by atoms with Crippen molar-refractivity contribution in [3.8, 4) is 5.69 Å². The molecule has 9 nitrogen and oxygen atoms in total. The van der Waals surface area contributed by atoms with Gasteiger partial charge in [-0.1, -0.05) is 0 Å². The van der Waals surface area contributed by atoms with Crippen LogP contribution in [0.4, 0.5) is 5.69 Å². The highest BCUT2D eigenvalue weighted by Crippen LogP contribution is 2.20. The fourth-order valence-electron chi connectivity index (χ4n) is 2.68. The molecule has 0 spiro atoms. The Bertz CT molecular complexity index is 1180. The van der Waals surface area contributed by atoms with Crippen molar-refractivity contribution in [1.29, 1.82) is 0 Å². The minimum atomic E-state index is -0.467. The zero-order valence-electron chi connectivity index (χ0n) is 12.4. The fraction of sp³-hybridized carbons (Fsp3) is 0.0667.